The van der Waals surface area contributed by atoms with Gasteiger partial charge in [-0.25, -0.2) is 0 Å². The van der Waals surface area contributed by atoms with Gasteiger partial charge in [-0.3, -0.25) is 4.79 Å². The van der Waals surface area contributed by atoms with E-state index in [2.05, 4.69) is 38.4 Å². The zero-order valence-electron chi connectivity index (χ0n) is 15.3. The Labute approximate surface area is 144 Å². The first kappa shape index (κ1) is 16.8. The SMILES string of the molecule is Cn1c2ccccc2c(=O)c2cccc(O[Si](C)(C)C(C)(C)C)c21. The summed E-state index contributed by atoms with van der Waals surface area (Å²) in [6.45, 7) is 11.1. The van der Waals surface area contributed by atoms with Crippen molar-refractivity contribution in [1.29, 1.82) is 0 Å². The fourth-order valence-corrected chi connectivity index (χ4v) is 3.81. The molecule has 1 heterocycles. The van der Waals surface area contributed by atoms with E-state index in [0.29, 0.717) is 5.39 Å². The fourth-order valence-electron chi connectivity index (χ4n) is 2.79. The van der Waals surface area contributed by atoms with Gasteiger partial charge in [0.2, 0.25) is 0 Å². The van der Waals surface area contributed by atoms with Crippen LogP contribution in [0.15, 0.2) is 47.3 Å². The summed E-state index contributed by atoms with van der Waals surface area (Å²) in [5.74, 6) is 0.810. The van der Waals surface area contributed by atoms with Crippen LogP contribution in [-0.4, -0.2) is 12.9 Å². The predicted octanol–water partition coefficient (Wildman–Crippen LogP) is 5.08. The van der Waals surface area contributed by atoms with Crippen LogP contribution in [0.3, 0.4) is 0 Å². The molecule has 1 aromatic heterocycles. The first-order valence-electron chi connectivity index (χ1n) is 8.33. The molecular weight excluding hydrogens is 314 g/mol. The lowest BCUT2D eigenvalue weighted by molar-refractivity contribution is 0.494. The van der Waals surface area contributed by atoms with Crippen LogP contribution in [0.4, 0.5) is 0 Å². The van der Waals surface area contributed by atoms with E-state index in [1.54, 1.807) is 0 Å². The van der Waals surface area contributed by atoms with Crippen LogP contribution >= 0.6 is 0 Å². The van der Waals surface area contributed by atoms with E-state index in [1.165, 1.54) is 0 Å². The van der Waals surface area contributed by atoms with Crippen LogP contribution in [0.25, 0.3) is 21.8 Å². The Morgan fingerprint density at radius 3 is 2.25 bits per heavy atom. The number of benzene rings is 2. The molecule has 0 bridgehead atoms. The van der Waals surface area contributed by atoms with Crippen molar-refractivity contribution in [3.05, 3.63) is 52.7 Å². The zero-order chi connectivity index (χ0) is 17.7. The molecule has 3 nitrogen and oxygen atoms in total. The fraction of sp³-hybridized carbons (Fsp3) is 0.350. The number of pyridine rings is 1. The van der Waals surface area contributed by atoms with Crippen molar-refractivity contribution in [2.45, 2.75) is 38.9 Å². The molecule has 24 heavy (non-hydrogen) atoms. The Morgan fingerprint density at radius 2 is 1.58 bits per heavy atom. The molecule has 0 amide bonds. The topological polar surface area (TPSA) is 31.2 Å². The Bertz CT molecular complexity index is 980. The molecule has 0 aliphatic heterocycles. The lowest BCUT2D eigenvalue weighted by Gasteiger charge is -2.36. The highest BCUT2D eigenvalue weighted by molar-refractivity contribution is 6.74. The molecule has 3 rings (SSSR count). The highest BCUT2D eigenvalue weighted by Crippen LogP contribution is 2.39. The molecule has 0 aliphatic rings. The van der Waals surface area contributed by atoms with Crippen molar-refractivity contribution < 1.29 is 4.43 Å². The van der Waals surface area contributed by atoms with Crippen molar-refractivity contribution in [1.82, 2.24) is 4.57 Å². The minimum Gasteiger partial charge on any atom is -0.542 e. The predicted molar refractivity (Wildman–Crippen MR) is 105 cm³/mol. The average molecular weight is 340 g/mol. The van der Waals surface area contributed by atoms with Crippen molar-refractivity contribution >= 4 is 30.1 Å². The molecule has 0 spiro atoms. The second-order valence-electron chi connectivity index (χ2n) is 7.92. The first-order chi connectivity index (χ1) is 11.1. The van der Waals surface area contributed by atoms with Gasteiger partial charge in [-0.1, -0.05) is 39.0 Å². The molecule has 0 saturated carbocycles. The normalized spacial score (nSPS) is 12.8. The molecule has 3 aromatic rings. The van der Waals surface area contributed by atoms with Crippen LogP contribution in [0.5, 0.6) is 5.75 Å². The monoisotopic (exact) mass is 339 g/mol. The lowest BCUT2D eigenvalue weighted by atomic mass is 10.1. The number of hydrogen-bond donors (Lipinski definition) is 0. The van der Waals surface area contributed by atoms with Crippen molar-refractivity contribution in [2.24, 2.45) is 7.05 Å². The molecule has 0 N–H and O–H groups in total. The maximum absolute atomic E-state index is 12.9. The molecule has 0 radical (unpaired) electrons. The number of aryl methyl sites for hydroxylation is 1. The Kier molecular flexibility index (Phi) is 3.83. The van der Waals surface area contributed by atoms with E-state index in [9.17, 15) is 4.79 Å². The summed E-state index contributed by atoms with van der Waals surface area (Å²) in [7, 11) is 0.0164. The lowest BCUT2D eigenvalue weighted by Crippen LogP contribution is -2.44. The number of nitrogens with zero attached hydrogens (tertiary/aromatic N) is 1. The summed E-state index contributed by atoms with van der Waals surface area (Å²) in [6.07, 6.45) is 0. The summed E-state index contributed by atoms with van der Waals surface area (Å²) >= 11 is 0. The maximum atomic E-state index is 12.9. The third-order valence-corrected chi connectivity index (χ3v) is 9.60. The molecule has 0 atom stereocenters. The van der Waals surface area contributed by atoms with E-state index in [-0.39, 0.29) is 10.5 Å². The number of fused-ring (bicyclic) bond motifs is 2. The highest BCUT2D eigenvalue weighted by atomic mass is 28.4. The van der Waals surface area contributed by atoms with Gasteiger partial charge in [0.15, 0.2) is 5.43 Å². The number of para-hydroxylation sites is 2. The van der Waals surface area contributed by atoms with Crippen molar-refractivity contribution in [3.63, 3.8) is 0 Å². The van der Waals surface area contributed by atoms with Gasteiger partial charge in [-0.05, 0) is 42.4 Å². The second-order valence-corrected chi connectivity index (χ2v) is 12.6. The molecule has 126 valence electrons. The summed E-state index contributed by atoms with van der Waals surface area (Å²) < 4.78 is 8.62. The minimum absolute atomic E-state index is 0.0689. The van der Waals surface area contributed by atoms with Crippen molar-refractivity contribution in [2.75, 3.05) is 0 Å². The van der Waals surface area contributed by atoms with Gasteiger partial charge in [0, 0.05) is 12.4 Å². The average Bonchev–Trinajstić information content (AvgIpc) is 2.51. The maximum Gasteiger partial charge on any atom is 0.250 e. The van der Waals surface area contributed by atoms with Crippen LogP contribution in [0.2, 0.25) is 18.1 Å². The molecule has 4 heteroatoms. The molecule has 0 saturated heterocycles. The van der Waals surface area contributed by atoms with Crippen LogP contribution in [0.1, 0.15) is 20.8 Å². The molecule has 0 aliphatic carbocycles. The number of rotatable bonds is 2. The summed E-state index contributed by atoms with van der Waals surface area (Å²) in [6, 6.07) is 13.5. The smallest absolute Gasteiger partial charge is 0.250 e. The molecule has 0 unspecified atom stereocenters. The Balaban J connectivity index is 2.34. The van der Waals surface area contributed by atoms with E-state index in [4.69, 9.17) is 4.43 Å². The van der Waals surface area contributed by atoms with Gasteiger partial charge in [-0.15, -0.1) is 0 Å². The van der Waals surface area contributed by atoms with E-state index in [0.717, 1.165) is 22.2 Å². The van der Waals surface area contributed by atoms with Gasteiger partial charge in [0.25, 0.3) is 8.32 Å². The summed E-state index contributed by atoms with van der Waals surface area (Å²) in [5.41, 5.74) is 1.88. The third-order valence-electron chi connectivity index (χ3n) is 5.26. The van der Waals surface area contributed by atoms with Gasteiger partial charge in [0.1, 0.15) is 5.75 Å². The van der Waals surface area contributed by atoms with Crippen LogP contribution in [0, 0.1) is 0 Å². The van der Waals surface area contributed by atoms with Gasteiger partial charge >= 0.3 is 0 Å². The zero-order valence-corrected chi connectivity index (χ0v) is 16.3. The second kappa shape index (κ2) is 5.48. The van der Waals surface area contributed by atoms with Crippen LogP contribution < -0.4 is 9.85 Å². The largest absolute Gasteiger partial charge is 0.542 e. The standard InChI is InChI=1S/C20H25NO2Si/c1-20(2,3)24(5,6)23-17-13-9-11-15-18(17)21(4)16-12-8-7-10-14(16)19(15)22/h7-13H,1-6H3. The summed E-state index contributed by atoms with van der Waals surface area (Å²) in [4.78, 5) is 12.9. The van der Waals surface area contributed by atoms with Crippen LogP contribution in [-0.2, 0) is 7.05 Å². The minimum atomic E-state index is -1.99. The number of aromatic nitrogens is 1. The number of hydrogen-bond acceptors (Lipinski definition) is 2. The van der Waals surface area contributed by atoms with Gasteiger partial charge in [0.05, 0.1) is 16.4 Å². The Morgan fingerprint density at radius 1 is 0.958 bits per heavy atom. The van der Waals surface area contributed by atoms with E-state index < -0.39 is 8.32 Å². The van der Waals surface area contributed by atoms with Gasteiger partial charge in [-0.2, -0.15) is 0 Å². The summed E-state index contributed by atoms with van der Waals surface area (Å²) in [5, 5.41) is 1.56. The van der Waals surface area contributed by atoms with E-state index >= 15 is 0 Å². The molecule has 2 aromatic carbocycles. The molecule has 0 fully saturated rings. The third kappa shape index (κ3) is 2.55. The molecular formula is C20H25NO2Si. The van der Waals surface area contributed by atoms with Crippen molar-refractivity contribution in [3.8, 4) is 5.75 Å². The van der Waals surface area contributed by atoms with Gasteiger partial charge < -0.3 is 8.99 Å². The Hall–Kier alpha value is -2.07. The quantitative estimate of drug-likeness (QED) is 0.482. The first-order valence-corrected chi connectivity index (χ1v) is 11.2. The van der Waals surface area contributed by atoms with E-state index in [1.807, 2.05) is 49.5 Å². The highest BCUT2D eigenvalue weighted by Gasteiger charge is 2.39.